The van der Waals surface area contributed by atoms with Gasteiger partial charge in [-0.05, 0) is 53.5 Å². The van der Waals surface area contributed by atoms with Crippen LogP contribution in [-0.4, -0.2) is 58.8 Å². The van der Waals surface area contributed by atoms with Crippen LogP contribution in [0.1, 0.15) is 39.9 Å². The first-order valence-corrected chi connectivity index (χ1v) is 13.9. The summed E-state index contributed by atoms with van der Waals surface area (Å²) in [6.45, 7) is 0.468. The van der Waals surface area contributed by atoms with E-state index in [0.29, 0.717) is 35.0 Å². The second kappa shape index (κ2) is 13.0. The Morgan fingerprint density at radius 2 is 1.95 bits per heavy atom. The van der Waals surface area contributed by atoms with Gasteiger partial charge in [0.15, 0.2) is 0 Å². The molecule has 206 valence electrons. The Balaban J connectivity index is 1.25. The normalized spacial score (nSPS) is 16.5. The Bertz CT molecular complexity index is 1310. The molecule has 2 heterocycles. The summed E-state index contributed by atoms with van der Waals surface area (Å²) in [5.41, 5.74) is 8.81. The summed E-state index contributed by atoms with van der Waals surface area (Å²) in [5, 5.41) is 11.1. The molecule has 2 aromatic rings. The van der Waals surface area contributed by atoms with Crippen molar-refractivity contribution in [3.63, 3.8) is 0 Å². The highest BCUT2D eigenvalue weighted by Crippen LogP contribution is 2.28. The number of rotatable bonds is 10. The van der Waals surface area contributed by atoms with Gasteiger partial charge in [-0.3, -0.25) is 24.5 Å². The molecule has 0 bridgehead atoms. The van der Waals surface area contributed by atoms with Crippen LogP contribution in [0.2, 0.25) is 5.02 Å². The molecule has 2 aliphatic rings. The molecule has 4 rings (SSSR count). The quantitative estimate of drug-likeness (QED) is 0.164. The topological polar surface area (TPSA) is 163 Å². The van der Waals surface area contributed by atoms with Crippen LogP contribution in [-0.2, 0) is 33.9 Å². The number of piperidine rings is 1. The van der Waals surface area contributed by atoms with E-state index in [2.05, 4.69) is 21.3 Å². The third-order valence-electron chi connectivity index (χ3n) is 6.42. The Morgan fingerprint density at radius 3 is 2.69 bits per heavy atom. The summed E-state index contributed by atoms with van der Waals surface area (Å²) < 4.78 is 0. The number of aryl methyl sites for hydroxylation is 1. The minimum absolute atomic E-state index is 0.0338. The third kappa shape index (κ3) is 7.28. The van der Waals surface area contributed by atoms with Crippen molar-refractivity contribution in [3.8, 4) is 0 Å². The molecule has 1 fully saturated rings. The predicted molar refractivity (Wildman–Crippen MR) is 148 cm³/mol. The molecule has 2 aromatic carbocycles. The van der Waals surface area contributed by atoms with E-state index < -0.39 is 18.0 Å². The average Bonchev–Trinajstić information content (AvgIpc) is 3.23. The van der Waals surface area contributed by atoms with Crippen LogP contribution in [0.25, 0.3) is 0 Å². The Hall–Kier alpha value is -3.61. The van der Waals surface area contributed by atoms with Crippen LogP contribution in [0.3, 0.4) is 0 Å². The molecule has 11 nitrogen and oxygen atoms in total. The molecule has 0 saturated carbocycles. The fourth-order valence-corrected chi connectivity index (χ4v) is 5.43. The Kier molecular flexibility index (Phi) is 9.44. The lowest BCUT2D eigenvalue weighted by molar-refractivity contribution is -0.137. The van der Waals surface area contributed by atoms with Gasteiger partial charge < -0.3 is 26.6 Å². The van der Waals surface area contributed by atoms with Crippen molar-refractivity contribution in [2.75, 3.05) is 23.5 Å². The Labute approximate surface area is 234 Å². The summed E-state index contributed by atoms with van der Waals surface area (Å²) in [6.07, 6.45) is 1.21. The molecule has 2 aliphatic heterocycles. The molecule has 39 heavy (non-hydrogen) atoms. The number of imide groups is 1. The second-order valence-corrected chi connectivity index (χ2v) is 10.6. The number of thioether (sulfide) groups is 1. The zero-order valence-corrected chi connectivity index (χ0v) is 22.6. The molecule has 0 radical (unpaired) electrons. The average molecular weight is 573 g/mol. The number of nitrogens with zero attached hydrogens (tertiary/aromatic N) is 1. The molecular formula is C26H29ClN6O5S. The number of fused-ring (bicyclic) bond motifs is 1. The number of hydrogen-bond acceptors (Lipinski definition) is 7. The zero-order chi connectivity index (χ0) is 27.9. The van der Waals surface area contributed by atoms with Gasteiger partial charge in [-0.2, -0.15) is 0 Å². The number of hydrogen-bond donors (Lipinski definition) is 5. The van der Waals surface area contributed by atoms with Gasteiger partial charge in [-0.25, -0.2) is 4.79 Å². The van der Waals surface area contributed by atoms with Gasteiger partial charge in [0, 0.05) is 35.8 Å². The monoisotopic (exact) mass is 572 g/mol. The molecule has 0 spiro atoms. The van der Waals surface area contributed by atoms with E-state index in [1.807, 2.05) is 12.1 Å². The van der Waals surface area contributed by atoms with E-state index in [1.54, 1.807) is 36.0 Å². The molecular weight excluding hydrogens is 544 g/mol. The third-order valence-corrected chi connectivity index (χ3v) is 7.62. The van der Waals surface area contributed by atoms with Gasteiger partial charge in [-0.1, -0.05) is 29.8 Å². The van der Waals surface area contributed by atoms with Crippen molar-refractivity contribution < 1.29 is 24.0 Å². The number of urea groups is 1. The van der Waals surface area contributed by atoms with Crippen LogP contribution >= 0.6 is 23.4 Å². The van der Waals surface area contributed by atoms with Crippen molar-refractivity contribution in [2.24, 2.45) is 5.73 Å². The first-order chi connectivity index (χ1) is 18.7. The summed E-state index contributed by atoms with van der Waals surface area (Å²) in [5.74, 6) is 0.0190. The molecule has 6 amide bonds. The van der Waals surface area contributed by atoms with Crippen LogP contribution < -0.4 is 27.0 Å². The largest absolute Gasteiger partial charge is 0.346 e. The lowest BCUT2D eigenvalue weighted by atomic mass is 10.0. The van der Waals surface area contributed by atoms with Gasteiger partial charge in [-0.15, -0.1) is 11.8 Å². The number of nitrogens with one attached hydrogen (secondary N) is 4. The van der Waals surface area contributed by atoms with E-state index >= 15 is 0 Å². The summed E-state index contributed by atoms with van der Waals surface area (Å²) in [7, 11) is 0. The Morgan fingerprint density at radius 1 is 1.13 bits per heavy atom. The predicted octanol–water partition coefficient (Wildman–Crippen LogP) is 1.73. The lowest BCUT2D eigenvalue weighted by Gasteiger charge is -2.29. The fourth-order valence-electron chi connectivity index (χ4n) is 4.38. The smallest absolute Gasteiger partial charge is 0.319 e. The van der Waals surface area contributed by atoms with Crippen molar-refractivity contribution in [1.29, 1.82) is 0 Å². The maximum atomic E-state index is 12.8. The molecule has 1 unspecified atom stereocenters. The number of halogens is 1. The number of amides is 6. The van der Waals surface area contributed by atoms with Crippen molar-refractivity contribution >= 4 is 58.7 Å². The van der Waals surface area contributed by atoms with E-state index in [9.17, 15) is 24.0 Å². The first-order valence-electron chi connectivity index (χ1n) is 12.4. The summed E-state index contributed by atoms with van der Waals surface area (Å²) in [4.78, 5) is 61.6. The fraction of sp³-hybridized carbons (Fsp3) is 0.346. The highest BCUT2D eigenvalue weighted by molar-refractivity contribution is 7.99. The van der Waals surface area contributed by atoms with Crippen LogP contribution in [0.5, 0.6) is 0 Å². The number of carbonyl (C=O) groups is 5. The minimum atomic E-state index is -0.670. The van der Waals surface area contributed by atoms with Gasteiger partial charge in [0.2, 0.25) is 17.7 Å². The zero-order valence-electron chi connectivity index (χ0n) is 21.1. The maximum Gasteiger partial charge on any atom is 0.319 e. The standard InChI is InChI=1S/C26H29ClN6O5S/c27-20-10-18(3-2-16(20)7-8-39-14-30-23(35)11-28)31-26(38)29-12-15-1-4-19-17(9-15)13-33(25(19)37)21-5-6-22(34)32-24(21)36/h1-4,9-10,21H,5-8,11-14,28H2,(H,30,35)(H2,29,31,38)(H,32,34,36). The van der Waals surface area contributed by atoms with E-state index in [4.69, 9.17) is 17.3 Å². The van der Waals surface area contributed by atoms with E-state index in [1.165, 1.54) is 4.90 Å². The van der Waals surface area contributed by atoms with Gasteiger partial charge in [0.25, 0.3) is 5.91 Å². The van der Waals surface area contributed by atoms with E-state index in [0.717, 1.165) is 22.4 Å². The lowest BCUT2D eigenvalue weighted by Crippen LogP contribution is -2.52. The molecule has 6 N–H and O–H groups in total. The molecule has 13 heteroatoms. The number of carbonyl (C=O) groups excluding carboxylic acids is 5. The van der Waals surface area contributed by atoms with Crippen LogP contribution in [0.4, 0.5) is 10.5 Å². The number of anilines is 1. The molecule has 0 aromatic heterocycles. The molecule has 0 aliphatic carbocycles. The van der Waals surface area contributed by atoms with Gasteiger partial charge >= 0.3 is 6.03 Å². The van der Waals surface area contributed by atoms with E-state index in [-0.39, 0.29) is 43.8 Å². The van der Waals surface area contributed by atoms with Crippen molar-refractivity contribution in [3.05, 3.63) is 63.7 Å². The summed E-state index contributed by atoms with van der Waals surface area (Å²) in [6, 6.07) is 9.52. The van der Waals surface area contributed by atoms with Crippen LogP contribution in [0, 0.1) is 0 Å². The minimum Gasteiger partial charge on any atom is -0.346 e. The molecule has 1 saturated heterocycles. The first kappa shape index (κ1) is 28.4. The SMILES string of the molecule is NCC(=O)NCSCCc1ccc(NC(=O)NCc2ccc3c(c2)CN(C2CCC(=O)NC2=O)C3=O)cc1Cl. The van der Waals surface area contributed by atoms with Gasteiger partial charge in [0.05, 0.1) is 12.4 Å². The van der Waals surface area contributed by atoms with Crippen LogP contribution in [0.15, 0.2) is 36.4 Å². The number of benzene rings is 2. The van der Waals surface area contributed by atoms with Crippen molar-refractivity contribution in [2.45, 2.75) is 38.4 Å². The van der Waals surface area contributed by atoms with Crippen molar-refractivity contribution in [1.82, 2.24) is 20.9 Å². The summed E-state index contributed by atoms with van der Waals surface area (Å²) >= 11 is 7.94. The highest BCUT2D eigenvalue weighted by atomic mass is 35.5. The molecule has 1 atom stereocenters. The number of nitrogens with two attached hydrogens (primary N) is 1. The second-order valence-electron chi connectivity index (χ2n) is 9.11. The van der Waals surface area contributed by atoms with Gasteiger partial charge in [0.1, 0.15) is 6.04 Å². The maximum absolute atomic E-state index is 12.8. The highest BCUT2D eigenvalue weighted by Gasteiger charge is 2.39.